The van der Waals surface area contributed by atoms with Gasteiger partial charge in [-0.25, -0.2) is 8.42 Å². The van der Waals surface area contributed by atoms with Gasteiger partial charge in [-0.05, 0) is 19.5 Å². The highest BCUT2D eigenvalue weighted by molar-refractivity contribution is 7.92. The van der Waals surface area contributed by atoms with Gasteiger partial charge in [-0.15, -0.1) is 0 Å². The Kier molecular flexibility index (Phi) is 2.92. The molecule has 2 N–H and O–H groups in total. The van der Waals surface area contributed by atoms with Crippen LogP contribution >= 0.6 is 0 Å². The summed E-state index contributed by atoms with van der Waals surface area (Å²) in [5.74, 6) is -1.52. The summed E-state index contributed by atoms with van der Waals surface area (Å²) in [6.45, 7) is 1.17. The molecule has 1 saturated heterocycles. The van der Waals surface area contributed by atoms with Crippen LogP contribution in [-0.4, -0.2) is 44.1 Å². The van der Waals surface area contributed by atoms with Crippen LogP contribution in [0.5, 0.6) is 0 Å². The molecule has 1 aliphatic heterocycles. The first-order chi connectivity index (χ1) is 5.93. The standard InChI is InChI=1S/C7H13NO4S/c1-13(11,12)6(7(9)10)5-2-3-8-4-5/h5-6,8H,2-4H2,1H3,(H,9,10). The third-order valence-electron chi connectivity index (χ3n) is 2.23. The van der Waals surface area contributed by atoms with Gasteiger partial charge in [0.15, 0.2) is 15.1 Å². The molecule has 6 heteroatoms. The van der Waals surface area contributed by atoms with Crippen LogP contribution in [0, 0.1) is 5.92 Å². The molecule has 2 atom stereocenters. The lowest BCUT2D eigenvalue weighted by molar-refractivity contribution is -0.137. The first kappa shape index (κ1) is 10.5. The average Bonchev–Trinajstić information content (AvgIpc) is 2.34. The van der Waals surface area contributed by atoms with Crippen LogP contribution in [0.15, 0.2) is 0 Å². The molecule has 1 fully saturated rings. The summed E-state index contributed by atoms with van der Waals surface area (Å²) in [6.07, 6.45) is 1.59. The second-order valence-electron chi connectivity index (χ2n) is 3.34. The Morgan fingerprint density at radius 3 is 2.54 bits per heavy atom. The third kappa shape index (κ3) is 2.41. The van der Waals surface area contributed by atoms with Crippen LogP contribution in [0.3, 0.4) is 0 Å². The van der Waals surface area contributed by atoms with Gasteiger partial charge in [-0.3, -0.25) is 4.79 Å². The first-order valence-electron chi connectivity index (χ1n) is 4.05. The number of rotatable bonds is 3. The highest BCUT2D eigenvalue weighted by Crippen LogP contribution is 2.19. The summed E-state index contributed by atoms with van der Waals surface area (Å²) in [6, 6.07) is 0. The van der Waals surface area contributed by atoms with Gasteiger partial charge >= 0.3 is 5.97 Å². The van der Waals surface area contributed by atoms with Crippen molar-refractivity contribution in [3.63, 3.8) is 0 Å². The van der Waals surface area contributed by atoms with E-state index in [9.17, 15) is 13.2 Å². The fourth-order valence-corrected chi connectivity index (χ4v) is 2.97. The van der Waals surface area contributed by atoms with Gasteiger partial charge in [0, 0.05) is 12.2 Å². The summed E-state index contributed by atoms with van der Waals surface area (Å²) in [7, 11) is -3.49. The largest absolute Gasteiger partial charge is 0.480 e. The molecule has 0 radical (unpaired) electrons. The summed E-state index contributed by atoms with van der Waals surface area (Å²) < 4.78 is 22.3. The summed E-state index contributed by atoms with van der Waals surface area (Å²) in [5, 5.41) is 10.5. The first-order valence-corrected chi connectivity index (χ1v) is 6.01. The number of carboxylic acids is 1. The van der Waals surface area contributed by atoms with Crippen LogP contribution < -0.4 is 5.32 Å². The van der Waals surface area contributed by atoms with Gasteiger partial charge in [0.05, 0.1) is 0 Å². The molecule has 13 heavy (non-hydrogen) atoms. The van der Waals surface area contributed by atoms with E-state index in [0.29, 0.717) is 19.5 Å². The Bertz CT molecular complexity index is 292. The van der Waals surface area contributed by atoms with Crippen molar-refractivity contribution >= 4 is 15.8 Å². The fourth-order valence-electron chi connectivity index (χ4n) is 1.67. The highest BCUT2D eigenvalue weighted by atomic mass is 32.2. The van der Waals surface area contributed by atoms with E-state index in [0.717, 1.165) is 6.26 Å². The molecule has 0 bridgehead atoms. The molecule has 0 saturated carbocycles. The van der Waals surface area contributed by atoms with Crippen LogP contribution in [0.25, 0.3) is 0 Å². The minimum Gasteiger partial charge on any atom is -0.480 e. The minimum atomic E-state index is -3.49. The number of sulfone groups is 1. The van der Waals surface area contributed by atoms with E-state index in [2.05, 4.69) is 5.32 Å². The molecule has 1 aliphatic rings. The fraction of sp³-hybridized carbons (Fsp3) is 0.857. The predicted molar refractivity (Wildman–Crippen MR) is 47.2 cm³/mol. The van der Waals surface area contributed by atoms with Gasteiger partial charge in [0.25, 0.3) is 0 Å². The van der Waals surface area contributed by atoms with Crippen LogP contribution in [0.4, 0.5) is 0 Å². The third-order valence-corrected chi connectivity index (χ3v) is 3.74. The number of hydrogen-bond acceptors (Lipinski definition) is 4. The number of aliphatic carboxylic acids is 1. The molecule has 0 aromatic carbocycles. The molecule has 5 nitrogen and oxygen atoms in total. The quantitative estimate of drug-likeness (QED) is 0.626. The highest BCUT2D eigenvalue weighted by Gasteiger charge is 2.38. The second-order valence-corrected chi connectivity index (χ2v) is 5.51. The predicted octanol–water partition coefficient (Wildman–Crippen LogP) is -0.906. The molecule has 2 unspecified atom stereocenters. The van der Waals surface area contributed by atoms with E-state index < -0.39 is 21.1 Å². The molecule has 0 aliphatic carbocycles. The zero-order valence-corrected chi connectivity index (χ0v) is 8.17. The van der Waals surface area contributed by atoms with Gasteiger partial charge in [-0.1, -0.05) is 0 Å². The summed E-state index contributed by atoms with van der Waals surface area (Å²) in [5.41, 5.74) is 0. The Morgan fingerprint density at radius 2 is 2.23 bits per heavy atom. The maximum Gasteiger partial charge on any atom is 0.322 e. The van der Waals surface area contributed by atoms with E-state index >= 15 is 0 Å². The van der Waals surface area contributed by atoms with Crippen molar-refractivity contribution in [1.29, 1.82) is 0 Å². The van der Waals surface area contributed by atoms with Crippen LogP contribution in [0.1, 0.15) is 6.42 Å². The molecule has 0 aromatic rings. The number of hydrogen-bond donors (Lipinski definition) is 2. The maximum absolute atomic E-state index is 11.2. The lowest BCUT2D eigenvalue weighted by Crippen LogP contribution is -2.37. The monoisotopic (exact) mass is 207 g/mol. The molecule has 1 rings (SSSR count). The Morgan fingerprint density at radius 1 is 1.62 bits per heavy atom. The molecule has 76 valence electrons. The maximum atomic E-state index is 11.2. The summed E-state index contributed by atoms with van der Waals surface area (Å²) in [4.78, 5) is 10.7. The van der Waals surface area contributed by atoms with Gasteiger partial charge in [0.2, 0.25) is 0 Å². The van der Waals surface area contributed by atoms with Crippen molar-refractivity contribution in [2.75, 3.05) is 19.3 Å². The van der Waals surface area contributed by atoms with Crippen LogP contribution in [-0.2, 0) is 14.6 Å². The minimum absolute atomic E-state index is 0.285. The van der Waals surface area contributed by atoms with E-state index in [-0.39, 0.29) is 5.92 Å². The lowest BCUT2D eigenvalue weighted by Gasteiger charge is -2.15. The smallest absolute Gasteiger partial charge is 0.322 e. The van der Waals surface area contributed by atoms with Crippen molar-refractivity contribution in [2.24, 2.45) is 5.92 Å². The van der Waals surface area contributed by atoms with Crippen molar-refractivity contribution in [3.8, 4) is 0 Å². The SMILES string of the molecule is CS(=O)(=O)C(C(=O)O)C1CCNC1. The zero-order valence-electron chi connectivity index (χ0n) is 7.36. The molecule has 0 amide bonds. The Hall–Kier alpha value is -0.620. The number of carbonyl (C=O) groups is 1. The second kappa shape index (κ2) is 3.63. The average molecular weight is 207 g/mol. The van der Waals surface area contributed by atoms with E-state index in [4.69, 9.17) is 5.11 Å². The molecule has 0 spiro atoms. The Labute approximate surface area is 77.1 Å². The summed E-state index contributed by atoms with van der Waals surface area (Å²) >= 11 is 0. The van der Waals surface area contributed by atoms with Crippen molar-refractivity contribution in [1.82, 2.24) is 5.32 Å². The van der Waals surface area contributed by atoms with Gasteiger partial charge in [-0.2, -0.15) is 0 Å². The molecule has 1 heterocycles. The zero-order chi connectivity index (χ0) is 10.1. The normalized spacial score (nSPS) is 25.8. The van der Waals surface area contributed by atoms with Gasteiger partial charge in [0.1, 0.15) is 0 Å². The lowest BCUT2D eigenvalue weighted by atomic mass is 10.1. The molecule has 0 aromatic heterocycles. The van der Waals surface area contributed by atoms with Crippen molar-refractivity contribution in [2.45, 2.75) is 11.7 Å². The number of nitrogens with one attached hydrogen (secondary N) is 1. The van der Waals surface area contributed by atoms with Crippen molar-refractivity contribution in [3.05, 3.63) is 0 Å². The van der Waals surface area contributed by atoms with Crippen LogP contribution in [0.2, 0.25) is 0 Å². The topological polar surface area (TPSA) is 83.5 Å². The number of carboxylic acid groups (broad SMARTS) is 1. The Balaban J connectivity index is 2.85. The molecular weight excluding hydrogens is 194 g/mol. The van der Waals surface area contributed by atoms with Gasteiger partial charge < -0.3 is 10.4 Å². The van der Waals surface area contributed by atoms with E-state index in [1.807, 2.05) is 0 Å². The van der Waals surface area contributed by atoms with Crippen molar-refractivity contribution < 1.29 is 18.3 Å². The van der Waals surface area contributed by atoms with E-state index in [1.165, 1.54) is 0 Å². The molecular formula is C7H13NO4S. The van der Waals surface area contributed by atoms with E-state index in [1.54, 1.807) is 0 Å².